The summed E-state index contributed by atoms with van der Waals surface area (Å²) >= 11 is 3.64. The first-order valence-electron chi connectivity index (χ1n) is 8.07. The summed E-state index contributed by atoms with van der Waals surface area (Å²) in [5.74, 6) is 0.903. The topological polar surface area (TPSA) is 12.5 Å². The highest BCUT2D eigenvalue weighted by molar-refractivity contribution is 9.10. The SMILES string of the molecule is Cc1cc(C)cc(COc2ccc(CCCN(C)C)cc2Br)c1. The normalized spacial score (nSPS) is 11.0. The highest BCUT2D eigenvalue weighted by Gasteiger charge is 2.05. The molecule has 0 aliphatic carbocycles. The third kappa shape index (κ3) is 6.00. The highest BCUT2D eigenvalue weighted by Crippen LogP contribution is 2.27. The second kappa shape index (κ2) is 8.51. The molecule has 0 spiro atoms. The van der Waals surface area contributed by atoms with Crippen LogP contribution in [-0.4, -0.2) is 25.5 Å². The van der Waals surface area contributed by atoms with E-state index in [4.69, 9.17) is 4.74 Å². The molecule has 0 aromatic heterocycles. The van der Waals surface area contributed by atoms with Crippen LogP contribution in [0.1, 0.15) is 28.7 Å². The Bertz CT molecular complexity index is 632. The maximum atomic E-state index is 5.98. The lowest BCUT2D eigenvalue weighted by atomic mass is 10.1. The van der Waals surface area contributed by atoms with Gasteiger partial charge in [-0.15, -0.1) is 0 Å². The summed E-state index contributed by atoms with van der Waals surface area (Å²) in [5, 5.41) is 0. The Hall–Kier alpha value is -1.32. The predicted molar refractivity (Wildman–Crippen MR) is 101 cm³/mol. The minimum absolute atomic E-state index is 0.598. The third-order valence-electron chi connectivity index (χ3n) is 3.74. The fourth-order valence-electron chi connectivity index (χ4n) is 2.73. The maximum Gasteiger partial charge on any atom is 0.134 e. The van der Waals surface area contributed by atoms with Crippen molar-refractivity contribution in [1.29, 1.82) is 0 Å². The van der Waals surface area contributed by atoms with E-state index in [1.54, 1.807) is 0 Å². The lowest BCUT2D eigenvalue weighted by Gasteiger charge is -2.12. The molecule has 0 atom stereocenters. The molecule has 2 aromatic carbocycles. The van der Waals surface area contributed by atoms with Crippen molar-refractivity contribution in [2.75, 3.05) is 20.6 Å². The summed E-state index contributed by atoms with van der Waals surface area (Å²) in [6, 6.07) is 12.9. The Morgan fingerprint density at radius 1 is 0.957 bits per heavy atom. The molecule has 0 aliphatic heterocycles. The Labute approximate surface area is 148 Å². The van der Waals surface area contributed by atoms with Crippen LogP contribution < -0.4 is 4.74 Å². The molecular weight excluding hydrogens is 350 g/mol. The smallest absolute Gasteiger partial charge is 0.134 e. The first-order chi connectivity index (χ1) is 10.9. The number of rotatable bonds is 7. The van der Waals surface area contributed by atoms with Crippen molar-refractivity contribution in [3.63, 3.8) is 0 Å². The van der Waals surface area contributed by atoms with E-state index in [1.165, 1.54) is 28.7 Å². The van der Waals surface area contributed by atoms with Crippen molar-refractivity contribution in [3.05, 3.63) is 63.1 Å². The number of hydrogen-bond acceptors (Lipinski definition) is 2. The van der Waals surface area contributed by atoms with E-state index in [9.17, 15) is 0 Å². The zero-order chi connectivity index (χ0) is 16.8. The van der Waals surface area contributed by atoms with Gasteiger partial charge >= 0.3 is 0 Å². The van der Waals surface area contributed by atoms with Crippen LogP contribution in [0.4, 0.5) is 0 Å². The van der Waals surface area contributed by atoms with Crippen molar-refractivity contribution < 1.29 is 4.74 Å². The molecule has 23 heavy (non-hydrogen) atoms. The van der Waals surface area contributed by atoms with E-state index in [1.807, 2.05) is 0 Å². The van der Waals surface area contributed by atoms with Crippen molar-refractivity contribution >= 4 is 15.9 Å². The van der Waals surface area contributed by atoms with Gasteiger partial charge in [0.05, 0.1) is 4.47 Å². The fraction of sp³-hybridized carbons (Fsp3) is 0.400. The average molecular weight is 376 g/mol. The van der Waals surface area contributed by atoms with E-state index in [2.05, 4.69) is 85.2 Å². The summed E-state index contributed by atoms with van der Waals surface area (Å²) < 4.78 is 7.01. The van der Waals surface area contributed by atoms with Gasteiger partial charge in [-0.3, -0.25) is 0 Å². The van der Waals surface area contributed by atoms with Crippen LogP contribution in [0.25, 0.3) is 0 Å². The first-order valence-corrected chi connectivity index (χ1v) is 8.86. The molecule has 0 amide bonds. The van der Waals surface area contributed by atoms with Crippen LogP contribution in [0.2, 0.25) is 0 Å². The third-order valence-corrected chi connectivity index (χ3v) is 4.36. The molecule has 0 aliphatic rings. The van der Waals surface area contributed by atoms with Gasteiger partial charge in [-0.2, -0.15) is 0 Å². The molecule has 0 radical (unpaired) electrons. The molecule has 0 unspecified atom stereocenters. The van der Waals surface area contributed by atoms with Crippen LogP contribution in [0.15, 0.2) is 40.9 Å². The summed E-state index contributed by atoms with van der Waals surface area (Å²) in [6.45, 7) is 5.95. The van der Waals surface area contributed by atoms with Crippen LogP contribution in [0, 0.1) is 13.8 Å². The zero-order valence-electron chi connectivity index (χ0n) is 14.5. The van der Waals surface area contributed by atoms with Gasteiger partial charge in [0.15, 0.2) is 0 Å². The van der Waals surface area contributed by atoms with Gasteiger partial charge in [-0.05, 0) is 86.5 Å². The minimum atomic E-state index is 0.598. The van der Waals surface area contributed by atoms with E-state index in [0.29, 0.717) is 6.61 Å². The van der Waals surface area contributed by atoms with E-state index < -0.39 is 0 Å². The molecule has 0 saturated heterocycles. The molecule has 2 rings (SSSR count). The van der Waals surface area contributed by atoms with Gasteiger partial charge in [0.25, 0.3) is 0 Å². The first kappa shape index (κ1) is 18.0. The summed E-state index contributed by atoms with van der Waals surface area (Å²) in [5.41, 5.74) is 5.11. The number of nitrogens with zero attached hydrogens (tertiary/aromatic N) is 1. The highest BCUT2D eigenvalue weighted by atomic mass is 79.9. The minimum Gasteiger partial charge on any atom is -0.488 e. The molecule has 3 heteroatoms. The molecule has 0 N–H and O–H groups in total. The molecule has 0 fully saturated rings. The van der Waals surface area contributed by atoms with E-state index in [-0.39, 0.29) is 0 Å². The van der Waals surface area contributed by atoms with E-state index in [0.717, 1.165) is 23.2 Å². The van der Waals surface area contributed by atoms with Gasteiger partial charge in [0.1, 0.15) is 12.4 Å². The van der Waals surface area contributed by atoms with Crippen molar-refractivity contribution in [2.24, 2.45) is 0 Å². The summed E-state index contributed by atoms with van der Waals surface area (Å²) in [7, 11) is 4.22. The van der Waals surface area contributed by atoms with Crippen molar-refractivity contribution in [3.8, 4) is 5.75 Å². The second-order valence-electron chi connectivity index (χ2n) is 6.46. The van der Waals surface area contributed by atoms with Gasteiger partial charge in [0.2, 0.25) is 0 Å². The van der Waals surface area contributed by atoms with Gasteiger partial charge in [0, 0.05) is 0 Å². The summed E-state index contributed by atoms with van der Waals surface area (Å²) in [4.78, 5) is 2.22. The van der Waals surface area contributed by atoms with Crippen LogP contribution in [-0.2, 0) is 13.0 Å². The fourth-order valence-corrected chi connectivity index (χ4v) is 3.27. The van der Waals surface area contributed by atoms with Crippen LogP contribution >= 0.6 is 15.9 Å². The Morgan fingerprint density at radius 3 is 2.26 bits per heavy atom. The predicted octanol–water partition coefficient (Wildman–Crippen LogP) is 5.14. The second-order valence-corrected chi connectivity index (χ2v) is 7.31. The van der Waals surface area contributed by atoms with Gasteiger partial charge in [-0.1, -0.05) is 35.4 Å². The molecule has 0 saturated carbocycles. The maximum absolute atomic E-state index is 5.98. The zero-order valence-corrected chi connectivity index (χ0v) is 16.1. The monoisotopic (exact) mass is 375 g/mol. The van der Waals surface area contributed by atoms with Crippen LogP contribution in [0.3, 0.4) is 0 Å². The molecular formula is C20H26BrNO. The number of benzene rings is 2. The van der Waals surface area contributed by atoms with Crippen molar-refractivity contribution in [1.82, 2.24) is 4.90 Å². The molecule has 0 bridgehead atoms. The van der Waals surface area contributed by atoms with Crippen LogP contribution in [0.5, 0.6) is 5.75 Å². The van der Waals surface area contributed by atoms with Gasteiger partial charge in [-0.25, -0.2) is 0 Å². The Kier molecular flexibility index (Phi) is 6.67. The standard InChI is InChI=1S/C20H26BrNO/c1-15-10-16(2)12-18(11-15)14-23-20-8-7-17(13-19(20)21)6-5-9-22(3)4/h7-8,10-13H,5-6,9,14H2,1-4H3. The number of halogens is 1. The quantitative estimate of drug-likeness (QED) is 0.664. The molecule has 2 aromatic rings. The Morgan fingerprint density at radius 2 is 1.65 bits per heavy atom. The number of ether oxygens (including phenoxy) is 1. The largest absolute Gasteiger partial charge is 0.488 e. The molecule has 124 valence electrons. The average Bonchev–Trinajstić information content (AvgIpc) is 2.45. The number of aryl methyl sites for hydroxylation is 3. The summed E-state index contributed by atoms with van der Waals surface area (Å²) in [6.07, 6.45) is 2.26. The Balaban J connectivity index is 1.95. The molecule has 0 heterocycles. The van der Waals surface area contributed by atoms with E-state index >= 15 is 0 Å². The van der Waals surface area contributed by atoms with Gasteiger partial charge < -0.3 is 9.64 Å². The lowest BCUT2D eigenvalue weighted by molar-refractivity contribution is 0.304. The van der Waals surface area contributed by atoms with Crippen molar-refractivity contribution in [2.45, 2.75) is 33.3 Å². The lowest BCUT2D eigenvalue weighted by Crippen LogP contribution is -2.13. The molecule has 2 nitrogen and oxygen atoms in total. The number of hydrogen-bond donors (Lipinski definition) is 0.